The van der Waals surface area contributed by atoms with Crippen molar-refractivity contribution < 1.29 is 17.6 Å². The summed E-state index contributed by atoms with van der Waals surface area (Å²) in [4.78, 5) is 0. The number of halogens is 4. The van der Waals surface area contributed by atoms with Gasteiger partial charge in [0.1, 0.15) is 5.82 Å². The van der Waals surface area contributed by atoms with Crippen LogP contribution in [0.25, 0.3) is 0 Å². The zero-order valence-corrected chi connectivity index (χ0v) is 11.0. The molecule has 2 rings (SSSR count). The molecule has 1 aliphatic rings. The van der Waals surface area contributed by atoms with Gasteiger partial charge in [-0.25, -0.2) is 4.39 Å². The first-order valence-electron chi connectivity index (χ1n) is 6.77. The van der Waals surface area contributed by atoms with E-state index in [1.165, 1.54) is 12.1 Å². The summed E-state index contributed by atoms with van der Waals surface area (Å²) in [6.07, 6.45) is 0.132. The van der Waals surface area contributed by atoms with Crippen molar-refractivity contribution in [3.05, 3.63) is 35.1 Å². The molecule has 0 spiro atoms. The summed E-state index contributed by atoms with van der Waals surface area (Å²) in [5.74, 6) is 4.33. The second-order valence-corrected chi connectivity index (χ2v) is 5.25. The molecule has 1 aromatic rings. The van der Waals surface area contributed by atoms with Gasteiger partial charge in [-0.15, -0.1) is 0 Å². The zero-order valence-electron chi connectivity index (χ0n) is 11.0. The van der Waals surface area contributed by atoms with Crippen LogP contribution in [0.5, 0.6) is 0 Å². The van der Waals surface area contributed by atoms with Gasteiger partial charge in [0.05, 0.1) is 11.6 Å². The van der Waals surface area contributed by atoms with Gasteiger partial charge in [0.15, 0.2) is 0 Å². The van der Waals surface area contributed by atoms with E-state index in [9.17, 15) is 17.6 Å². The first-order valence-corrected chi connectivity index (χ1v) is 6.77. The molecule has 1 aromatic carbocycles. The number of alkyl halides is 3. The van der Waals surface area contributed by atoms with Crippen molar-refractivity contribution in [2.24, 2.45) is 11.8 Å². The predicted octanol–water partition coefficient (Wildman–Crippen LogP) is 3.93. The summed E-state index contributed by atoms with van der Waals surface area (Å²) in [7, 11) is 0. The number of hydrogen-bond acceptors (Lipinski definition) is 2. The third-order valence-corrected chi connectivity index (χ3v) is 3.97. The van der Waals surface area contributed by atoms with Crippen LogP contribution in [0.1, 0.15) is 49.3 Å². The Morgan fingerprint density at radius 2 is 1.80 bits per heavy atom. The minimum absolute atomic E-state index is 0.00854. The van der Waals surface area contributed by atoms with Gasteiger partial charge < -0.3 is 0 Å². The Bertz CT molecular complexity index is 453. The van der Waals surface area contributed by atoms with Crippen molar-refractivity contribution >= 4 is 0 Å². The van der Waals surface area contributed by atoms with E-state index in [0.717, 1.165) is 38.2 Å². The van der Waals surface area contributed by atoms with Crippen molar-refractivity contribution in [3.63, 3.8) is 0 Å². The minimum Gasteiger partial charge on any atom is -0.271 e. The Labute approximate surface area is 115 Å². The molecule has 0 amide bonds. The maximum Gasteiger partial charge on any atom is 0.419 e. The van der Waals surface area contributed by atoms with Gasteiger partial charge in [0.2, 0.25) is 0 Å². The molecule has 0 heterocycles. The highest BCUT2D eigenvalue weighted by atomic mass is 19.4. The Morgan fingerprint density at radius 3 is 2.35 bits per heavy atom. The van der Waals surface area contributed by atoms with Gasteiger partial charge in [0, 0.05) is 5.56 Å². The van der Waals surface area contributed by atoms with Crippen LogP contribution in [-0.2, 0) is 6.18 Å². The molecule has 1 aliphatic carbocycles. The van der Waals surface area contributed by atoms with Crippen LogP contribution in [-0.4, -0.2) is 0 Å². The summed E-state index contributed by atoms with van der Waals surface area (Å²) in [5.41, 5.74) is 1.28. The van der Waals surface area contributed by atoms with Crippen LogP contribution in [0.2, 0.25) is 0 Å². The van der Waals surface area contributed by atoms with Crippen LogP contribution in [0.3, 0.4) is 0 Å². The summed E-state index contributed by atoms with van der Waals surface area (Å²) < 4.78 is 52.4. The standard InChI is InChI=1S/C14H18F4N2/c15-12-10(7-4-8-11(12)14(16,17)18)13(20-19)9-5-2-1-3-6-9/h4,7-9,13,20H,1-3,5-6,19H2. The lowest BCUT2D eigenvalue weighted by Crippen LogP contribution is -2.35. The van der Waals surface area contributed by atoms with E-state index in [1.54, 1.807) is 0 Å². The highest BCUT2D eigenvalue weighted by Gasteiger charge is 2.36. The van der Waals surface area contributed by atoms with E-state index in [-0.39, 0.29) is 11.5 Å². The van der Waals surface area contributed by atoms with Gasteiger partial charge in [-0.3, -0.25) is 11.3 Å². The largest absolute Gasteiger partial charge is 0.419 e. The van der Waals surface area contributed by atoms with Crippen molar-refractivity contribution in [2.45, 2.75) is 44.3 Å². The normalized spacial score (nSPS) is 19.1. The number of benzene rings is 1. The third kappa shape index (κ3) is 3.12. The molecule has 1 atom stereocenters. The van der Waals surface area contributed by atoms with Crippen molar-refractivity contribution in [1.82, 2.24) is 5.43 Å². The molecule has 0 saturated heterocycles. The molecule has 0 bridgehead atoms. The van der Waals surface area contributed by atoms with Crippen molar-refractivity contribution in [3.8, 4) is 0 Å². The number of nitrogens with two attached hydrogens (primary N) is 1. The predicted molar refractivity (Wildman–Crippen MR) is 68.0 cm³/mol. The van der Waals surface area contributed by atoms with E-state index in [4.69, 9.17) is 5.84 Å². The molecule has 112 valence electrons. The van der Waals surface area contributed by atoms with E-state index < -0.39 is 23.6 Å². The molecule has 0 aliphatic heterocycles. The minimum atomic E-state index is -4.69. The summed E-state index contributed by atoms with van der Waals surface area (Å²) in [5, 5.41) is 0. The van der Waals surface area contributed by atoms with Gasteiger partial charge >= 0.3 is 6.18 Å². The van der Waals surface area contributed by atoms with Crippen LogP contribution in [0.4, 0.5) is 17.6 Å². The number of rotatable bonds is 3. The second-order valence-electron chi connectivity index (χ2n) is 5.25. The Kier molecular flexibility index (Phi) is 4.65. The average Bonchev–Trinajstić information content (AvgIpc) is 2.41. The van der Waals surface area contributed by atoms with Crippen LogP contribution in [0, 0.1) is 11.7 Å². The molecule has 1 saturated carbocycles. The fraction of sp³-hybridized carbons (Fsp3) is 0.571. The average molecular weight is 290 g/mol. The van der Waals surface area contributed by atoms with E-state index in [2.05, 4.69) is 5.43 Å². The number of hydrogen-bond donors (Lipinski definition) is 2. The van der Waals surface area contributed by atoms with Crippen molar-refractivity contribution in [2.75, 3.05) is 0 Å². The summed E-state index contributed by atoms with van der Waals surface area (Å²) >= 11 is 0. The van der Waals surface area contributed by atoms with E-state index >= 15 is 0 Å². The number of hydrazine groups is 1. The van der Waals surface area contributed by atoms with Gasteiger partial charge in [-0.05, 0) is 24.8 Å². The Hall–Kier alpha value is -1.14. The molecular weight excluding hydrogens is 272 g/mol. The third-order valence-electron chi connectivity index (χ3n) is 3.97. The quantitative estimate of drug-likeness (QED) is 0.503. The molecular formula is C14H18F4N2. The highest BCUT2D eigenvalue weighted by Crippen LogP contribution is 2.38. The Morgan fingerprint density at radius 1 is 1.15 bits per heavy atom. The lowest BCUT2D eigenvalue weighted by molar-refractivity contribution is -0.140. The second kappa shape index (κ2) is 6.10. The molecule has 1 fully saturated rings. The molecule has 0 radical (unpaired) electrons. The Balaban J connectivity index is 2.34. The van der Waals surface area contributed by atoms with Gasteiger partial charge in [0.25, 0.3) is 0 Å². The van der Waals surface area contributed by atoms with Crippen molar-refractivity contribution in [1.29, 1.82) is 0 Å². The molecule has 20 heavy (non-hydrogen) atoms. The first-order chi connectivity index (χ1) is 9.45. The van der Waals surface area contributed by atoms with Crippen LogP contribution >= 0.6 is 0 Å². The van der Waals surface area contributed by atoms with Crippen LogP contribution in [0.15, 0.2) is 18.2 Å². The fourth-order valence-corrected chi connectivity index (χ4v) is 2.96. The van der Waals surface area contributed by atoms with Crippen LogP contribution < -0.4 is 11.3 Å². The molecule has 3 N–H and O–H groups in total. The lowest BCUT2D eigenvalue weighted by atomic mass is 9.81. The summed E-state index contributed by atoms with van der Waals surface area (Å²) in [6.45, 7) is 0. The maximum absolute atomic E-state index is 14.1. The van der Waals surface area contributed by atoms with Gasteiger partial charge in [-0.1, -0.05) is 31.4 Å². The fourth-order valence-electron chi connectivity index (χ4n) is 2.96. The van der Waals surface area contributed by atoms with E-state index in [1.807, 2.05) is 0 Å². The van der Waals surface area contributed by atoms with Gasteiger partial charge in [-0.2, -0.15) is 13.2 Å². The number of nitrogens with one attached hydrogen (secondary N) is 1. The molecule has 1 unspecified atom stereocenters. The zero-order chi connectivity index (χ0) is 14.8. The SMILES string of the molecule is NNC(c1cccc(C(F)(F)F)c1F)C1CCCCC1. The monoisotopic (exact) mass is 290 g/mol. The summed E-state index contributed by atoms with van der Waals surface area (Å²) in [6, 6.07) is 2.79. The van der Waals surface area contributed by atoms with E-state index in [0.29, 0.717) is 0 Å². The lowest BCUT2D eigenvalue weighted by Gasteiger charge is -2.30. The molecule has 2 nitrogen and oxygen atoms in total. The molecule has 6 heteroatoms. The molecule has 0 aromatic heterocycles. The maximum atomic E-state index is 14.1. The smallest absolute Gasteiger partial charge is 0.271 e. The first kappa shape index (κ1) is 15.3. The topological polar surface area (TPSA) is 38.0 Å². The highest BCUT2D eigenvalue weighted by molar-refractivity contribution is 5.30.